The molecule has 50 valence electrons. The van der Waals surface area contributed by atoms with E-state index < -0.39 is 0 Å². The van der Waals surface area contributed by atoms with Gasteiger partial charge < -0.3 is 9.89 Å². The van der Waals surface area contributed by atoms with Gasteiger partial charge >= 0.3 is 0 Å². The third-order valence-corrected chi connectivity index (χ3v) is 0.826. The molecule has 10 heavy (non-hydrogen) atoms. The lowest BCUT2D eigenvalue weighted by atomic mass is 10.4. The lowest BCUT2D eigenvalue weighted by Crippen LogP contribution is -1.60. The largest absolute Gasteiger partial charge is 0.435 e. The van der Waals surface area contributed by atoms with Gasteiger partial charge in [0.15, 0.2) is 0 Å². The monoisotopic (exact) mass is 136 g/mol. The first-order valence-electron chi connectivity index (χ1n) is 2.27. The third-order valence-electron chi connectivity index (χ3n) is 0.826. The molecular formula is C6H4N2O2. The van der Waals surface area contributed by atoms with Gasteiger partial charge in [0, 0.05) is 0 Å². The zero-order chi connectivity index (χ0) is 6.69. The van der Waals surface area contributed by atoms with Gasteiger partial charge in [-0.15, -0.1) is 0 Å². The molecule has 2 N–H and O–H groups in total. The van der Waals surface area contributed by atoms with Gasteiger partial charge in [-0.25, -0.2) is 0 Å². The van der Waals surface area contributed by atoms with E-state index in [-0.39, 0.29) is 17.0 Å². The van der Waals surface area contributed by atoms with Crippen LogP contribution >= 0.6 is 0 Å². The second-order valence-electron chi connectivity index (χ2n) is 1.39. The van der Waals surface area contributed by atoms with Crippen LogP contribution in [-0.4, -0.2) is 5.48 Å². The van der Waals surface area contributed by atoms with Crippen molar-refractivity contribution in [2.24, 2.45) is 0 Å². The van der Waals surface area contributed by atoms with Crippen LogP contribution in [0.1, 0.15) is 11.5 Å². The van der Waals surface area contributed by atoms with Crippen LogP contribution in [0.4, 0.5) is 0 Å². The first kappa shape index (κ1) is 8.22. The normalized spacial score (nSPS) is 7.00. The van der Waals surface area contributed by atoms with Crippen LogP contribution in [0.5, 0.6) is 0 Å². The second-order valence-corrected chi connectivity index (χ2v) is 1.39. The highest BCUT2D eigenvalue weighted by atomic mass is 16.3. The minimum Gasteiger partial charge on any atom is -0.435 e. The van der Waals surface area contributed by atoms with Crippen molar-refractivity contribution in [1.82, 2.24) is 0 Å². The summed E-state index contributed by atoms with van der Waals surface area (Å²) in [6, 6.07) is 6.44. The van der Waals surface area contributed by atoms with Crippen LogP contribution < -0.4 is 0 Å². The molecule has 0 saturated carbocycles. The fraction of sp³-hybridized carbons (Fsp3) is 0. The molecule has 0 bridgehead atoms. The van der Waals surface area contributed by atoms with E-state index in [0.29, 0.717) is 0 Å². The first-order valence-corrected chi connectivity index (χ1v) is 2.27. The predicted octanol–water partition coefficient (Wildman–Crippen LogP) is 0.198. The zero-order valence-corrected chi connectivity index (χ0v) is 4.96. The quantitative estimate of drug-likeness (QED) is 0.509. The van der Waals surface area contributed by atoms with E-state index in [0.717, 1.165) is 0 Å². The van der Waals surface area contributed by atoms with E-state index in [9.17, 15) is 0 Å². The van der Waals surface area contributed by atoms with Gasteiger partial charge in [0.2, 0.25) is 11.5 Å². The van der Waals surface area contributed by atoms with Crippen LogP contribution in [-0.2, 0) is 0 Å². The zero-order valence-electron chi connectivity index (χ0n) is 4.96. The van der Waals surface area contributed by atoms with Crippen molar-refractivity contribution >= 4 is 0 Å². The summed E-state index contributed by atoms with van der Waals surface area (Å²) in [5.74, 6) is 0.345. The predicted molar refractivity (Wildman–Crippen MR) is 31.8 cm³/mol. The maximum atomic E-state index is 8.19. The van der Waals surface area contributed by atoms with Crippen molar-refractivity contribution in [2.75, 3.05) is 0 Å². The fourth-order valence-corrected chi connectivity index (χ4v) is 0.458. The van der Waals surface area contributed by atoms with Gasteiger partial charge in [-0.2, -0.15) is 10.5 Å². The van der Waals surface area contributed by atoms with Crippen LogP contribution in [0, 0.1) is 22.7 Å². The summed E-state index contributed by atoms with van der Waals surface area (Å²) in [5.41, 5.74) is 0. The number of hydrogen-bond acceptors (Lipinski definition) is 3. The summed E-state index contributed by atoms with van der Waals surface area (Å²) >= 11 is 0. The molecule has 0 amide bonds. The Bertz CT molecular complexity index is 261. The maximum absolute atomic E-state index is 8.19. The molecule has 0 fully saturated rings. The highest BCUT2D eigenvalue weighted by Gasteiger charge is 1.96. The molecule has 0 aliphatic rings. The fourth-order valence-electron chi connectivity index (χ4n) is 0.458. The van der Waals surface area contributed by atoms with Gasteiger partial charge in [0.1, 0.15) is 12.1 Å². The van der Waals surface area contributed by atoms with E-state index in [1.165, 1.54) is 12.1 Å². The first-order chi connectivity index (χ1) is 4.36. The Hall–Kier alpha value is -1.78. The highest BCUT2D eigenvalue weighted by molar-refractivity contribution is 5.25. The second kappa shape index (κ2) is 3.29. The highest BCUT2D eigenvalue weighted by Crippen LogP contribution is 2.03. The summed E-state index contributed by atoms with van der Waals surface area (Å²) in [4.78, 5) is 0. The lowest BCUT2D eigenvalue weighted by molar-refractivity contribution is 0.539. The van der Waals surface area contributed by atoms with Crippen molar-refractivity contribution in [3.63, 3.8) is 0 Å². The van der Waals surface area contributed by atoms with Gasteiger partial charge in [0.05, 0.1) is 0 Å². The molecule has 1 heterocycles. The van der Waals surface area contributed by atoms with Gasteiger partial charge in [-0.1, -0.05) is 0 Å². The van der Waals surface area contributed by atoms with Crippen molar-refractivity contribution in [3.05, 3.63) is 23.7 Å². The molecule has 1 rings (SSSR count). The topological polar surface area (TPSA) is 92.2 Å². The Morgan fingerprint density at radius 3 is 1.70 bits per heavy atom. The molecule has 0 aliphatic heterocycles. The standard InChI is InChI=1S/C6H2N2O.H2O/c7-3-5-1-2-6(4-8)9-5;/h1-2H;1H2. The van der Waals surface area contributed by atoms with E-state index in [1.54, 1.807) is 12.1 Å². The molecule has 1 aromatic rings. The summed E-state index contributed by atoms with van der Waals surface area (Å²) in [7, 11) is 0. The van der Waals surface area contributed by atoms with Gasteiger partial charge in [-0.3, -0.25) is 0 Å². The average Bonchev–Trinajstić information content (AvgIpc) is 2.34. The SMILES string of the molecule is N#Cc1ccc(C#N)o1.O. The van der Waals surface area contributed by atoms with E-state index in [1.807, 2.05) is 0 Å². The molecule has 0 aromatic carbocycles. The van der Waals surface area contributed by atoms with Gasteiger partial charge in [0.25, 0.3) is 0 Å². The van der Waals surface area contributed by atoms with Crippen LogP contribution in [0.2, 0.25) is 0 Å². The number of hydrogen-bond donors (Lipinski definition) is 0. The summed E-state index contributed by atoms with van der Waals surface area (Å²) in [5, 5.41) is 16.4. The molecular weight excluding hydrogens is 132 g/mol. The number of furan rings is 1. The Morgan fingerprint density at radius 1 is 1.10 bits per heavy atom. The summed E-state index contributed by atoms with van der Waals surface area (Å²) in [6.07, 6.45) is 0. The maximum Gasteiger partial charge on any atom is 0.205 e. The van der Waals surface area contributed by atoms with Crippen molar-refractivity contribution in [3.8, 4) is 12.1 Å². The number of nitrogens with zero attached hydrogens (tertiary/aromatic N) is 2. The lowest BCUT2D eigenvalue weighted by Gasteiger charge is -1.71. The van der Waals surface area contributed by atoms with Crippen molar-refractivity contribution < 1.29 is 9.89 Å². The Balaban J connectivity index is 0.000000810. The molecule has 0 saturated heterocycles. The number of nitriles is 2. The molecule has 0 aliphatic carbocycles. The van der Waals surface area contributed by atoms with E-state index >= 15 is 0 Å². The van der Waals surface area contributed by atoms with Crippen LogP contribution in [0.15, 0.2) is 16.5 Å². The van der Waals surface area contributed by atoms with E-state index in [4.69, 9.17) is 10.5 Å². The third kappa shape index (κ3) is 1.35. The van der Waals surface area contributed by atoms with Crippen LogP contribution in [0.25, 0.3) is 0 Å². The number of rotatable bonds is 0. The minimum absolute atomic E-state index is 0. The molecule has 0 spiro atoms. The Morgan fingerprint density at radius 2 is 1.50 bits per heavy atom. The summed E-state index contributed by atoms with van der Waals surface area (Å²) < 4.78 is 4.66. The Labute approximate surface area is 57.2 Å². The molecule has 0 atom stereocenters. The van der Waals surface area contributed by atoms with Gasteiger partial charge in [-0.05, 0) is 12.1 Å². The van der Waals surface area contributed by atoms with Crippen LogP contribution in [0.3, 0.4) is 0 Å². The molecule has 1 aromatic heterocycles. The Kier molecular flexibility index (Phi) is 2.70. The summed E-state index contributed by atoms with van der Waals surface area (Å²) in [6.45, 7) is 0. The van der Waals surface area contributed by atoms with E-state index in [2.05, 4.69) is 4.42 Å². The minimum atomic E-state index is 0. The smallest absolute Gasteiger partial charge is 0.205 e. The molecule has 4 nitrogen and oxygen atoms in total. The van der Waals surface area contributed by atoms with Crippen molar-refractivity contribution in [1.29, 1.82) is 10.5 Å². The molecule has 0 unspecified atom stereocenters. The average molecular weight is 136 g/mol. The van der Waals surface area contributed by atoms with Crippen molar-refractivity contribution in [2.45, 2.75) is 0 Å². The molecule has 4 heteroatoms. The molecule has 0 radical (unpaired) electrons.